The van der Waals surface area contributed by atoms with E-state index in [9.17, 15) is 14.4 Å². The number of hydrogen-bond acceptors (Lipinski definition) is 5. The number of aryl methyl sites for hydroxylation is 2. The SMILES string of the molecule is Cc1ccc(NC(=O)COC(=O)[C@H]2CC(=O)N(c3ccc(Oc4ccc(C)cc4)cc3)C2)cc1. The van der Waals surface area contributed by atoms with E-state index in [1.54, 1.807) is 41.3 Å². The van der Waals surface area contributed by atoms with Crippen LogP contribution in [0, 0.1) is 19.8 Å². The summed E-state index contributed by atoms with van der Waals surface area (Å²) in [4.78, 5) is 38.6. The van der Waals surface area contributed by atoms with Gasteiger partial charge in [-0.1, -0.05) is 35.4 Å². The summed E-state index contributed by atoms with van der Waals surface area (Å²) < 4.78 is 11.0. The minimum Gasteiger partial charge on any atom is -0.457 e. The lowest BCUT2D eigenvalue weighted by Gasteiger charge is -2.17. The van der Waals surface area contributed by atoms with Gasteiger partial charge in [0.05, 0.1) is 5.92 Å². The predicted molar refractivity (Wildman–Crippen MR) is 129 cm³/mol. The molecule has 1 heterocycles. The van der Waals surface area contributed by atoms with E-state index >= 15 is 0 Å². The van der Waals surface area contributed by atoms with Crippen LogP contribution in [-0.2, 0) is 19.1 Å². The number of amides is 2. The summed E-state index contributed by atoms with van der Waals surface area (Å²) >= 11 is 0. The second kappa shape index (κ2) is 10.2. The molecule has 3 aromatic carbocycles. The summed E-state index contributed by atoms with van der Waals surface area (Å²) in [7, 11) is 0. The lowest BCUT2D eigenvalue weighted by atomic mass is 10.1. The zero-order valence-electron chi connectivity index (χ0n) is 19.1. The van der Waals surface area contributed by atoms with Crippen molar-refractivity contribution in [1.82, 2.24) is 0 Å². The number of carbonyl (C=O) groups excluding carboxylic acids is 3. The number of anilines is 2. The number of benzene rings is 3. The molecule has 2 amide bonds. The third-order valence-corrected chi connectivity index (χ3v) is 5.54. The molecule has 0 bridgehead atoms. The molecule has 0 aliphatic carbocycles. The molecular weight excluding hydrogens is 432 g/mol. The standard InChI is InChI=1S/C27H26N2O5/c1-18-3-7-21(8-4-18)28-25(30)17-33-27(32)20-15-26(31)29(16-20)22-9-13-24(14-10-22)34-23-11-5-19(2)6-12-23/h3-14,20H,15-17H2,1-2H3,(H,28,30)/t20-/m0/s1. The predicted octanol–water partition coefficient (Wildman–Crippen LogP) is 4.63. The highest BCUT2D eigenvalue weighted by atomic mass is 16.5. The molecular formula is C27H26N2O5. The molecule has 0 radical (unpaired) electrons. The second-order valence-corrected chi connectivity index (χ2v) is 8.34. The van der Waals surface area contributed by atoms with Gasteiger partial charge >= 0.3 is 5.97 Å². The van der Waals surface area contributed by atoms with Gasteiger partial charge in [0.2, 0.25) is 5.91 Å². The number of carbonyl (C=O) groups is 3. The van der Waals surface area contributed by atoms with E-state index in [0.717, 1.165) is 16.9 Å². The monoisotopic (exact) mass is 458 g/mol. The molecule has 1 aliphatic rings. The Morgan fingerprint density at radius 3 is 2.06 bits per heavy atom. The van der Waals surface area contributed by atoms with Crippen LogP contribution in [0.25, 0.3) is 0 Å². The van der Waals surface area contributed by atoms with E-state index in [1.165, 1.54) is 0 Å². The Hall–Kier alpha value is -4.13. The number of hydrogen-bond donors (Lipinski definition) is 1. The minimum atomic E-state index is -0.622. The van der Waals surface area contributed by atoms with Crippen LogP contribution in [-0.4, -0.2) is 30.9 Å². The highest BCUT2D eigenvalue weighted by molar-refractivity contribution is 6.00. The van der Waals surface area contributed by atoms with Gasteiger partial charge in [-0.15, -0.1) is 0 Å². The van der Waals surface area contributed by atoms with E-state index in [2.05, 4.69) is 5.32 Å². The van der Waals surface area contributed by atoms with Crippen LogP contribution in [0.2, 0.25) is 0 Å². The molecule has 0 spiro atoms. The highest BCUT2D eigenvalue weighted by Crippen LogP contribution is 2.29. The van der Waals surface area contributed by atoms with Crippen molar-refractivity contribution in [3.05, 3.63) is 83.9 Å². The van der Waals surface area contributed by atoms with Gasteiger partial charge in [0.1, 0.15) is 11.5 Å². The number of nitrogens with zero attached hydrogens (tertiary/aromatic N) is 1. The Balaban J connectivity index is 1.28. The Morgan fingerprint density at radius 1 is 0.882 bits per heavy atom. The minimum absolute atomic E-state index is 0.0417. The topological polar surface area (TPSA) is 84.9 Å². The quantitative estimate of drug-likeness (QED) is 0.522. The van der Waals surface area contributed by atoms with Crippen molar-refractivity contribution >= 4 is 29.2 Å². The molecule has 3 aromatic rings. The first kappa shape index (κ1) is 23.0. The Labute approximate surface area is 198 Å². The Kier molecular flexibility index (Phi) is 6.92. The molecule has 1 N–H and O–H groups in total. The third kappa shape index (κ3) is 5.81. The first-order chi connectivity index (χ1) is 16.4. The van der Waals surface area contributed by atoms with Crippen LogP contribution in [0.4, 0.5) is 11.4 Å². The van der Waals surface area contributed by atoms with Gasteiger partial charge in [-0.25, -0.2) is 0 Å². The van der Waals surface area contributed by atoms with Crippen molar-refractivity contribution < 1.29 is 23.9 Å². The number of ether oxygens (including phenoxy) is 2. The normalized spacial score (nSPS) is 15.2. The summed E-state index contributed by atoms with van der Waals surface area (Å²) in [5.74, 6) is -0.405. The van der Waals surface area contributed by atoms with Crippen molar-refractivity contribution in [3.63, 3.8) is 0 Å². The van der Waals surface area contributed by atoms with Gasteiger partial charge in [-0.2, -0.15) is 0 Å². The fourth-order valence-corrected chi connectivity index (χ4v) is 3.64. The lowest BCUT2D eigenvalue weighted by Crippen LogP contribution is -2.28. The van der Waals surface area contributed by atoms with Crippen LogP contribution in [0.1, 0.15) is 17.5 Å². The summed E-state index contributed by atoms with van der Waals surface area (Å²) in [6.45, 7) is 3.76. The summed E-state index contributed by atoms with van der Waals surface area (Å²) in [6, 6.07) is 22.2. The summed E-state index contributed by atoms with van der Waals surface area (Å²) in [5, 5.41) is 2.68. The van der Waals surface area contributed by atoms with E-state index in [0.29, 0.717) is 17.1 Å². The smallest absolute Gasteiger partial charge is 0.311 e. The molecule has 4 rings (SSSR count). The maximum absolute atomic E-state index is 12.5. The van der Waals surface area contributed by atoms with Crippen molar-refractivity contribution in [2.24, 2.45) is 5.92 Å². The number of esters is 1. The second-order valence-electron chi connectivity index (χ2n) is 8.34. The van der Waals surface area contributed by atoms with E-state index in [4.69, 9.17) is 9.47 Å². The molecule has 0 unspecified atom stereocenters. The van der Waals surface area contributed by atoms with Crippen molar-refractivity contribution in [1.29, 1.82) is 0 Å². The average Bonchev–Trinajstić information content (AvgIpc) is 3.23. The highest BCUT2D eigenvalue weighted by Gasteiger charge is 2.36. The molecule has 1 saturated heterocycles. The van der Waals surface area contributed by atoms with E-state index in [1.807, 2.05) is 50.2 Å². The van der Waals surface area contributed by atoms with E-state index in [-0.39, 0.29) is 18.9 Å². The molecule has 7 heteroatoms. The third-order valence-electron chi connectivity index (χ3n) is 5.54. The molecule has 1 fully saturated rings. The zero-order valence-corrected chi connectivity index (χ0v) is 19.1. The zero-order chi connectivity index (χ0) is 24.1. The van der Waals surface area contributed by atoms with Crippen LogP contribution in [0.5, 0.6) is 11.5 Å². The van der Waals surface area contributed by atoms with Gasteiger partial charge in [0.15, 0.2) is 6.61 Å². The van der Waals surface area contributed by atoms with Gasteiger partial charge in [-0.05, 0) is 62.4 Å². The average molecular weight is 459 g/mol. The fourth-order valence-electron chi connectivity index (χ4n) is 3.64. The molecule has 1 atom stereocenters. The number of nitrogens with one attached hydrogen (secondary N) is 1. The van der Waals surface area contributed by atoms with Crippen LogP contribution < -0.4 is 15.0 Å². The molecule has 7 nitrogen and oxygen atoms in total. The Morgan fingerprint density at radius 2 is 1.44 bits per heavy atom. The number of rotatable bonds is 7. The first-order valence-corrected chi connectivity index (χ1v) is 11.1. The van der Waals surface area contributed by atoms with Gasteiger partial charge in [0, 0.05) is 24.3 Å². The molecule has 34 heavy (non-hydrogen) atoms. The van der Waals surface area contributed by atoms with E-state index < -0.39 is 24.4 Å². The summed E-state index contributed by atoms with van der Waals surface area (Å²) in [5.41, 5.74) is 3.53. The first-order valence-electron chi connectivity index (χ1n) is 11.1. The molecule has 0 saturated carbocycles. The Bertz CT molecular complexity index is 1170. The van der Waals surface area contributed by atoms with Crippen LogP contribution in [0.15, 0.2) is 72.8 Å². The van der Waals surface area contributed by atoms with Crippen molar-refractivity contribution in [3.8, 4) is 11.5 Å². The molecule has 1 aliphatic heterocycles. The van der Waals surface area contributed by atoms with Crippen LogP contribution >= 0.6 is 0 Å². The van der Waals surface area contributed by atoms with Crippen LogP contribution in [0.3, 0.4) is 0 Å². The van der Waals surface area contributed by atoms with Crippen molar-refractivity contribution in [2.75, 3.05) is 23.4 Å². The largest absolute Gasteiger partial charge is 0.457 e. The van der Waals surface area contributed by atoms with Gasteiger partial charge < -0.3 is 19.7 Å². The molecule has 174 valence electrons. The maximum Gasteiger partial charge on any atom is 0.311 e. The van der Waals surface area contributed by atoms with Gasteiger partial charge in [0.25, 0.3) is 5.91 Å². The fraction of sp³-hybridized carbons (Fsp3) is 0.222. The molecule has 0 aromatic heterocycles. The lowest BCUT2D eigenvalue weighted by molar-refractivity contribution is -0.151. The van der Waals surface area contributed by atoms with Crippen molar-refractivity contribution in [2.45, 2.75) is 20.3 Å². The van der Waals surface area contributed by atoms with Gasteiger partial charge in [-0.3, -0.25) is 14.4 Å². The maximum atomic E-state index is 12.5. The summed E-state index contributed by atoms with van der Waals surface area (Å²) in [6.07, 6.45) is 0.0417.